The first-order valence-corrected chi connectivity index (χ1v) is 8.44. The van der Waals surface area contributed by atoms with Gasteiger partial charge in [0.05, 0.1) is 10.2 Å². The Morgan fingerprint density at radius 1 is 1.17 bits per heavy atom. The fraction of sp³-hybridized carbons (Fsp3) is 0.294. The summed E-state index contributed by atoms with van der Waals surface area (Å²) in [5, 5.41) is 1.08. The number of hydrogen-bond donors (Lipinski definition) is 0. The molecule has 2 aromatic heterocycles. The summed E-state index contributed by atoms with van der Waals surface area (Å²) in [5.74, 6) is 1.06. The molecule has 1 aliphatic rings. The molecule has 118 valence electrons. The Bertz CT molecular complexity index is 847. The van der Waals surface area contributed by atoms with Gasteiger partial charge < -0.3 is 14.2 Å². The molecule has 6 heteroatoms. The highest BCUT2D eigenvalue weighted by molar-refractivity contribution is 7.22. The van der Waals surface area contributed by atoms with Crippen molar-refractivity contribution in [3.63, 3.8) is 0 Å². The minimum absolute atomic E-state index is 0.350. The topological polar surface area (TPSA) is 49.6 Å². The van der Waals surface area contributed by atoms with E-state index in [-0.39, 0.29) is 0 Å². The van der Waals surface area contributed by atoms with E-state index < -0.39 is 0 Å². The molecule has 0 saturated carbocycles. The minimum Gasteiger partial charge on any atom is -0.453 e. The third kappa shape index (κ3) is 2.75. The fourth-order valence-corrected chi connectivity index (χ4v) is 3.83. The number of benzene rings is 1. The average Bonchev–Trinajstić information content (AvgIpc) is 3.21. The Labute approximate surface area is 138 Å². The molecule has 3 heterocycles. The summed E-state index contributed by atoms with van der Waals surface area (Å²) in [4.78, 5) is 20.2. The van der Waals surface area contributed by atoms with Crippen LogP contribution in [0.2, 0.25) is 0 Å². The summed E-state index contributed by atoms with van der Waals surface area (Å²) in [5.41, 5.74) is 1.98. The number of thiazole rings is 1. The molecule has 1 aliphatic heterocycles. The van der Waals surface area contributed by atoms with Gasteiger partial charge in [-0.3, -0.25) is 4.79 Å². The Morgan fingerprint density at radius 2 is 2.00 bits per heavy atom. The third-order valence-corrected chi connectivity index (χ3v) is 5.26. The molecule has 1 aromatic carbocycles. The molecule has 1 saturated heterocycles. The summed E-state index contributed by atoms with van der Waals surface area (Å²) in [6, 6.07) is 9.61. The first kappa shape index (κ1) is 14.4. The molecule has 0 aliphatic carbocycles. The summed E-state index contributed by atoms with van der Waals surface area (Å²) >= 11 is 1.71. The van der Waals surface area contributed by atoms with Gasteiger partial charge in [-0.2, -0.15) is 0 Å². The van der Waals surface area contributed by atoms with Gasteiger partial charge in [-0.05, 0) is 37.4 Å². The number of fused-ring (bicyclic) bond motifs is 1. The van der Waals surface area contributed by atoms with Crippen LogP contribution in [0, 0.1) is 0 Å². The van der Waals surface area contributed by atoms with Crippen molar-refractivity contribution in [2.24, 2.45) is 0 Å². The molecule has 0 spiro atoms. The predicted octanol–water partition coefficient (Wildman–Crippen LogP) is 3.12. The first-order valence-electron chi connectivity index (χ1n) is 7.62. The number of aldehydes is 1. The largest absolute Gasteiger partial charge is 0.453 e. The molecule has 5 nitrogen and oxygen atoms in total. The second-order valence-electron chi connectivity index (χ2n) is 5.79. The number of nitrogens with zero attached hydrogens (tertiary/aromatic N) is 3. The Morgan fingerprint density at radius 3 is 2.74 bits per heavy atom. The second-order valence-corrected chi connectivity index (χ2v) is 6.80. The van der Waals surface area contributed by atoms with Crippen LogP contribution < -0.4 is 4.90 Å². The lowest BCUT2D eigenvalue weighted by molar-refractivity contribution is 0.110. The average molecular weight is 327 g/mol. The maximum Gasteiger partial charge on any atom is 0.186 e. The molecule has 0 radical (unpaired) electrons. The van der Waals surface area contributed by atoms with E-state index in [0.29, 0.717) is 11.5 Å². The van der Waals surface area contributed by atoms with E-state index >= 15 is 0 Å². The number of anilines is 1. The number of rotatable bonds is 3. The van der Waals surface area contributed by atoms with E-state index in [9.17, 15) is 4.79 Å². The Kier molecular flexibility index (Phi) is 3.63. The van der Waals surface area contributed by atoms with Crippen LogP contribution >= 0.6 is 11.3 Å². The van der Waals surface area contributed by atoms with E-state index in [4.69, 9.17) is 9.40 Å². The van der Waals surface area contributed by atoms with Gasteiger partial charge in [0.15, 0.2) is 17.2 Å². The number of carbonyl (C=O) groups excluding carboxylic acids is 1. The Balaban J connectivity index is 1.65. The Hall–Kier alpha value is -2.18. The van der Waals surface area contributed by atoms with Crippen molar-refractivity contribution in [3.8, 4) is 11.3 Å². The number of likely N-dealkylation sites (N-methyl/N-ethyl adjacent to an activating group) is 1. The van der Waals surface area contributed by atoms with Crippen LogP contribution in [-0.2, 0) is 0 Å². The van der Waals surface area contributed by atoms with Gasteiger partial charge in [0.25, 0.3) is 0 Å². The van der Waals surface area contributed by atoms with Gasteiger partial charge in [-0.15, -0.1) is 0 Å². The highest BCUT2D eigenvalue weighted by Gasteiger charge is 2.18. The van der Waals surface area contributed by atoms with E-state index in [1.54, 1.807) is 17.4 Å². The summed E-state index contributed by atoms with van der Waals surface area (Å²) in [6.07, 6.45) is 0.722. The normalized spacial score (nSPS) is 16.1. The molecule has 0 unspecified atom stereocenters. The van der Waals surface area contributed by atoms with Crippen molar-refractivity contribution in [3.05, 3.63) is 36.1 Å². The van der Waals surface area contributed by atoms with E-state index in [1.165, 1.54) is 0 Å². The van der Waals surface area contributed by atoms with Gasteiger partial charge in [0, 0.05) is 31.7 Å². The van der Waals surface area contributed by atoms with Crippen molar-refractivity contribution in [1.29, 1.82) is 0 Å². The van der Waals surface area contributed by atoms with Gasteiger partial charge in [-0.1, -0.05) is 11.3 Å². The lowest BCUT2D eigenvalue weighted by Crippen LogP contribution is -2.44. The highest BCUT2D eigenvalue weighted by Crippen LogP contribution is 2.33. The number of piperazine rings is 1. The van der Waals surface area contributed by atoms with E-state index in [1.807, 2.05) is 18.2 Å². The van der Waals surface area contributed by atoms with Gasteiger partial charge in [0.1, 0.15) is 5.76 Å². The van der Waals surface area contributed by atoms with Crippen molar-refractivity contribution in [2.75, 3.05) is 38.1 Å². The van der Waals surface area contributed by atoms with Gasteiger partial charge >= 0.3 is 0 Å². The maximum atomic E-state index is 10.8. The standard InChI is InChI=1S/C17H17N3O2S/c1-19-6-8-20(9-7-19)17-18-14-4-2-12(10-16(14)23-17)15-5-3-13(11-21)22-15/h2-5,10-11H,6-9H2,1H3. The van der Waals surface area contributed by atoms with Crippen molar-refractivity contribution >= 4 is 33.0 Å². The van der Waals surface area contributed by atoms with Gasteiger partial charge in [0.2, 0.25) is 0 Å². The molecule has 4 rings (SSSR count). The van der Waals surface area contributed by atoms with E-state index in [0.717, 1.165) is 53.4 Å². The van der Waals surface area contributed by atoms with Crippen molar-refractivity contribution < 1.29 is 9.21 Å². The zero-order valence-corrected chi connectivity index (χ0v) is 13.7. The molecule has 3 aromatic rings. The van der Waals surface area contributed by atoms with E-state index in [2.05, 4.69) is 22.9 Å². The SMILES string of the molecule is CN1CCN(c2nc3ccc(-c4ccc(C=O)o4)cc3s2)CC1. The van der Waals surface area contributed by atoms with Crippen molar-refractivity contribution in [1.82, 2.24) is 9.88 Å². The number of furan rings is 1. The summed E-state index contributed by atoms with van der Waals surface area (Å²) in [7, 11) is 2.15. The quantitative estimate of drug-likeness (QED) is 0.692. The number of hydrogen-bond acceptors (Lipinski definition) is 6. The molecule has 0 amide bonds. The maximum absolute atomic E-state index is 10.8. The zero-order valence-electron chi connectivity index (χ0n) is 12.9. The van der Waals surface area contributed by atoms with Crippen LogP contribution in [-0.4, -0.2) is 49.4 Å². The predicted molar refractivity (Wildman–Crippen MR) is 92.4 cm³/mol. The fourth-order valence-electron chi connectivity index (χ4n) is 2.77. The molecule has 23 heavy (non-hydrogen) atoms. The van der Waals surface area contributed by atoms with Crippen LogP contribution in [0.25, 0.3) is 21.5 Å². The highest BCUT2D eigenvalue weighted by atomic mass is 32.1. The number of aromatic nitrogens is 1. The molecule has 0 atom stereocenters. The monoisotopic (exact) mass is 327 g/mol. The smallest absolute Gasteiger partial charge is 0.186 e. The van der Waals surface area contributed by atoms with Crippen LogP contribution in [0.1, 0.15) is 10.6 Å². The first-order chi connectivity index (χ1) is 11.2. The van der Waals surface area contributed by atoms with Crippen molar-refractivity contribution in [2.45, 2.75) is 0 Å². The molecule has 0 bridgehead atoms. The zero-order chi connectivity index (χ0) is 15.8. The van der Waals surface area contributed by atoms with Crippen LogP contribution in [0.3, 0.4) is 0 Å². The minimum atomic E-state index is 0.350. The van der Waals surface area contributed by atoms with Crippen LogP contribution in [0.4, 0.5) is 5.13 Å². The molecular weight excluding hydrogens is 310 g/mol. The lowest BCUT2D eigenvalue weighted by atomic mass is 10.2. The summed E-state index contributed by atoms with van der Waals surface area (Å²) in [6.45, 7) is 4.18. The number of carbonyl (C=O) groups is 1. The lowest BCUT2D eigenvalue weighted by Gasteiger charge is -2.31. The molecular formula is C17H17N3O2S. The van der Waals surface area contributed by atoms with Gasteiger partial charge in [-0.25, -0.2) is 4.98 Å². The molecule has 1 fully saturated rings. The second kappa shape index (κ2) is 5.79. The summed E-state index contributed by atoms with van der Waals surface area (Å²) < 4.78 is 6.64. The van der Waals surface area contributed by atoms with Crippen LogP contribution in [0.5, 0.6) is 0 Å². The molecule has 0 N–H and O–H groups in total. The third-order valence-electron chi connectivity index (χ3n) is 4.18. The van der Waals surface area contributed by atoms with Crippen LogP contribution in [0.15, 0.2) is 34.7 Å².